The Morgan fingerprint density at radius 1 is 1.09 bits per heavy atom. The van der Waals surface area contributed by atoms with Crippen molar-refractivity contribution in [1.82, 2.24) is 4.98 Å². The Bertz CT molecular complexity index is 908. The van der Waals surface area contributed by atoms with Crippen LogP contribution in [-0.4, -0.2) is 10.9 Å². The van der Waals surface area contributed by atoms with E-state index in [2.05, 4.69) is 10.3 Å². The molecule has 1 amide bonds. The Kier molecular flexibility index (Phi) is 4.20. The number of nitrogens with zero attached hydrogens (tertiary/aromatic N) is 1. The first-order valence-corrected chi connectivity index (χ1v) is 7.52. The first-order chi connectivity index (χ1) is 10.9. The minimum atomic E-state index is -0.379. The number of fused-ring (bicyclic) bond motifs is 1. The minimum absolute atomic E-state index is 0.360. The smallest absolute Gasteiger partial charge is 0.257 e. The van der Waals surface area contributed by atoms with Crippen LogP contribution >= 0.6 is 23.2 Å². The van der Waals surface area contributed by atoms with Gasteiger partial charge in [-0.15, -0.1) is 0 Å². The molecule has 1 aromatic heterocycles. The number of hydrogen-bond donors (Lipinski definition) is 1. The van der Waals surface area contributed by atoms with Gasteiger partial charge in [0.25, 0.3) is 5.91 Å². The number of aromatic nitrogens is 1. The second-order valence-electron chi connectivity index (χ2n) is 5.07. The van der Waals surface area contributed by atoms with Gasteiger partial charge in [-0.2, -0.15) is 0 Å². The highest BCUT2D eigenvalue weighted by atomic mass is 35.5. The molecule has 6 heteroatoms. The van der Waals surface area contributed by atoms with Crippen molar-refractivity contribution >= 4 is 45.7 Å². The molecule has 0 bridgehead atoms. The molecule has 0 spiro atoms. The molecule has 0 fully saturated rings. The summed E-state index contributed by atoms with van der Waals surface area (Å²) in [7, 11) is 0. The van der Waals surface area contributed by atoms with Crippen LogP contribution in [0.3, 0.4) is 0 Å². The van der Waals surface area contributed by atoms with E-state index in [1.54, 1.807) is 37.3 Å². The van der Waals surface area contributed by atoms with Crippen LogP contribution in [0.1, 0.15) is 16.1 Å². The molecule has 23 heavy (non-hydrogen) atoms. The number of amides is 1. The first kappa shape index (κ1) is 15.7. The fourth-order valence-electron chi connectivity index (χ4n) is 2.30. The van der Waals surface area contributed by atoms with Crippen molar-refractivity contribution in [3.05, 3.63) is 69.6 Å². The van der Waals surface area contributed by atoms with Crippen LogP contribution in [0.4, 0.5) is 10.1 Å². The van der Waals surface area contributed by atoms with E-state index in [0.29, 0.717) is 37.9 Å². The van der Waals surface area contributed by atoms with Crippen LogP contribution in [0.25, 0.3) is 10.9 Å². The van der Waals surface area contributed by atoms with E-state index in [4.69, 9.17) is 23.2 Å². The normalized spacial score (nSPS) is 10.8. The summed E-state index contributed by atoms with van der Waals surface area (Å²) in [6, 6.07) is 10.6. The van der Waals surface area contributed by atoms with Crippen molar-refractivity contribution in [2.24, 2.45) is 0 Å². The first-order valence-electron chi connectivity index (χ1n) is 6.77. The average molecular weight is 349 g/mol. The lowest BCUT2D eigenvalue weighted by atomic mass is 10.1. The monoisotopic (exact) mass is 348 g/mol. The highest BCUT2D eigenvalue weighted by Gasteiger charge is 2.13. The SMILES string of the molecule is Cc1nc2ccc(F)cc2cc1C(=O)Nc1cc(Cl)cc(Cl)c1. The molecular weight excluding hydrogens is 338 g/mol. The molecule has 0 saturated heterocycles. The number of anilines is 1. The molecule has 0 aliphatic heterocycles. The fourth-order valence-corrected chi connectivity index (χ4v) is 2.82. The molecule has 0 unspecified atom stereocenters. The molecule has 1 heterocycles. The molecule has 3 rings (SSSR count). The summed E-state index contributed by atoms with van der Waals surface area (Å²) in [5.74, 6) is -0.740. The van der Waals surface area contributed by atoms with E-state index in [9.17, 15) is 9.18 Å². The molecule has 3 aromatic rings. The Labute approximate surface area is 142 Å². The van der Waals surface area contributed by atoms with Crippen LogP contribution in [0, 0.1) is 12.7 Å². The Morgan fingerprint density at radius 2 is 1.78 bits per heavy atom. The number of rotatable bonds is 2. The Balaban J connectivity index is 1.98. The third kappa shape index (κ3) is 3.44. The number of pyridine rings is 1. The highest BCUT2D eigenvalue weighted by Crippen LogP contribution is 2.24. The van der Waals surface area contributed by atoms with E-state index in [1.807, 2.05) is 0 Å². The zero-order valence-corrected chi connectivity index (χ0v) is 13.5. The molecular formula is C17H11Cl2FN2O. The maximum Gasteiger partial charge on any atom is 0.257 e. The van der Waals surface area contributed by atoms with Crippen molar-refractivity contribution in [1.29, 1.82) is 0 Å². The van der Waals surface area contributed by atoms with Crippen molar-refractivity contribution in [3.8, 4) is 0 Å². The summed E-state index contributed by atoms with van der Waals surface area (Å²) in [6.45, 7) is 1.72. The predicted octanol–water partition coefficient (Wildman–Crippen LogP) is 5.24. The van der Waals surface area contributed by atoms with E-state index in [-0.39, 0.29) is 11.7 Å². The lowest BCUT2D eigenvalue weighted by Gasteiger charge is -2.09. The Hall–Kier alpha value is -2.17. The van der Waals surface area contributed by atoms with Crippen LogP contribution in [0.5, 0.6) is 0 Å². The zero-order valence-electron chi connectivity index (χ0n) is 12.0. The second kappa shape index (κ2) is 6.14. The fraction of sp³-hybridized carbons (Fsp3) is 0.0588. The van der Waals surface area contributed by atoms with Gasteiger partial charge in [-0.05, 0) is 49.4 Å². The zero-order chi connectivity index (χ0) is 16.6. The van der Waals surface area contributed by atoms with Gasteiger partial charge in [0.1, 0.15) is 5.82 Å². The predicted molar refractivity (Wildman–Crippen MR) is 90.9 cm³/mol. The summed E-state index contributed by atoms with van der Waals surface area (Å²) in [5, 5.41) is 4.12. The average Bonchev–Trinajstić information content (AvgIpc) is 2.45. The van der Waals surface area contributed by atoms with E-state index >= 15 is 0 Å². The van der Waals surface area contributed by atoms with Gasteiger partial charge in [0.15, 0.2) is 0 Å². The van der Waals surface area contributed by atoms with E-state index in [1.165, 1.54) is 12.1 Å². The van der Waals surface area contributed by atoms with E-state index in [0.717, 1.165) is 0 Å². The number of halogens is 3. The van der Waals surface area contributed by atoms with Gasteiger partial charge in [-0.3, -0.25) is 9.78 Å². The van der Waals surface area contributed by atoms with Gasteiger partial charge in [0, 0.05) is 21.1 Å². The third-order valence-electron chi connectivity index (χ3n) is 3.33. The quantitative estimate of drug-likeness (QED) is 0.687. The topological polar surface area (TPSA) is 42.0 Å². The van der Waals surface area contributed by atoms with Gasteiger partial charge in [-0.25, -0.2) is 4.39 Å². The lowest BCUT2D eigenvalue weighted by molar-refractivity contribution is 0.102. The van der Waals surface area contributed by atoms with E-state index < -0.39 is 0 Å². The molecule has 0 atom stereocenters. The highest BCUT2D eigenvalue weighted by molar-refractivity contribution is 6.35. The van der Waals surface area contributed by atoms with Crippen molar-refractivity contribution in [2.45, 2.75) is 6.92 Å². The van der Waals surface area contributed by atoms with Crippen molar-refractivity contribution in [3.63, 3.8) is 0 Å². The number of aryl methyl sites for hydroxylation is 1. The largest absolute Gasteiger partial charge is 0.322 e. The number of carbonyl (C=O) groups excluding carboxylic acids is 1. The number of hydrogen-bond acceptors (Lipinski definition) is 2. The maximum atomic E-state index is 13.3. The van der Waals surface area contributed by atoms with Gasteiger partial charge < -0.3 is 5.32 Å². The number of nitrogens with one attached hydrogen (secondary N) is 1. The van der Waals surface area contributed by atoms with Crippen LogP contribution in [0.15, 0.2) is 42.5 Å². The molecule has 1 N–H and O–H groups in total. The van der Waals surface area contributed by atoms with Gasteiger partial charge in [-0.1, -0.05) is 23.2 Å². The molecule has 2 aromatic carbocycles. The Morgan fingerprint density at radius 3 is 2.48 bits per heavy atom. The summed E-state index contributed by atoms with van der Waals surface area (Å²) in [6.07, 6.45) is 0. The molecule has 0 aliphatic rings. The summed E-state index contributed by atoms with van der Waals surface area (Å²) >= 11 is 11.8. The number of benzene rings is 2. The third-order valence-corrected chi connectivity index (χ3v) is 3.77. The minimum Gasteiger partial charge on any atom is -0.322 e. The standard InChI is InChI=1S/C17H11Cl2FN2O/c1-9-15(5-10-4-13(20)2-3-16(10)21-9)17(23)22-14-7-11(18)6-12(19)8-14/h2-8H,1H3,(H,22,23). The van der Waals surface area contributed by atoms with Gasteiger partial charge in [0.2, 0.25) is 0 Å². The van der Waals surface area contributed by atoms with Crippen LogP contribution in [0.2, 0.25) is 10.0 Å². The van der Waals surface area contributed by atoms with Gasteiger partial charge in [0.05, 0.1) is 16.8 Å². The summed E-state index contributed by atoms with van der Waals surface area (Å²) in [5.41, 5.74) is 2.02. The van der Waals surface area contributed by atoms with Crippen molar-refractivity contribution < 1.29 is 9.18 Å². The number of carbonyl (C=O) groups is 1. The molecule has 116 valence electrons. The lowest BCUT2D eigenvalue weighted by Crippen LogP contribution is -2.14. The summed E-state index contributed by atoms with van der Waals surface area (Å²) in [4.78, 5) is 16.8. The molecule has 0 aliphatic carbocycles. The molecule has 0 radical (unpaired) electrons. The van der Waals surface area contributed by atoms with Crippen LogP contribution in [-0.2, 0) is 0 Å². The summed E-state index contributed by atoms with van der Waals surface area (Å²) < 4.78 is 13.3. The maximum absolute atomic E-state index is 13.3. The van der Waals surface area contributed by atoms with Gasteiger partial charge >= 0.3 is 0 Å². The van der Waals surface area contributed by atoms with Crippen molar-refractivity contribution in [2.75, 3.05) is 5.32 Å². The van der Waals surface area contributed by atoms with Crippen LogP contribution < -0.4 is 5.32 Å². The second-order valence-corrected chi connectivity index (χ2v) is 5.94. The molecule has 3 nitrogen and oxygen atoms in total. The molecule has 0 saturated carbocycles.